The molecule has 1 fully saturated rings. The van der Waals surface area contributed by atoms with E-state index in [1.165, 1.54) is 13.4 Å². The van der Waals surface area contributed by atoms with Gasteiger partial charge >= 0.3 is 5.97 Å². The molecule has 0 aliphatic carbocycles. The van der Waals surface area contributed by atoms with Crippen LogP contribution in [0.5, 0.6) is 11.5 Å². The van der Waals surface area contributed by atoms with Crippen LogP contribution in [-0.2, 0) is 11.3 Å². The fourth-order valence-corrected chi connectivity index (χ4v) is 3.42. The Bertz CT molecular complexity index is 739. The third kappa shape index (κ3) is 3.49. The summed E-state index contributed by atoms with van der Waals surface area (Å²) in [5.41, 5.74) is 1.93. The molecular formula is C19H23NO5. The monoisotopic (exact) mass is 345 g/mol. The van der Waals surface area contributed by atoms with Gasteiger partial charge in [-0.1, -0.05) is 0 Å². The van der Waals surface area contributed by atoms with Crippen molar-refractivity contribution in [2.75, 3.05) is 27.9 Å². The first kappa shape index (κ1) is 17.4. The number of carbonyl (C=O) groups is 1. The van der Waals surface area contributed by atoms with Crippen molar-refractivity contribution in [2.45, 2.75) is 25.4 Å². The summed E-state index contributed by atoms with van der Waals surface area (Å²) in [6.45, 7) is 1.56. The zero-order valence-electron chi connectivity index (χ0n) is 14.8. The van der Waals surface area contributed by atoms with Crippen LogP contribution in [0.25, 0.3) is 0 Å². The second-order valence-electron chi connectivity index (χ2n) is 6.00. The molecule has 1 aromatic heterocycles. The number of hydrogen-bond acceptors (Lipinski definition) is 6. The molecule has 2 aromatic rings. The van der Waals surface area contributed by atoms with E-state index < -0.39 is 5.97 Å². The molecule has 1 saturated heterocycles. The van der Waals surface area contributed by atoms with Crippen molar-refractivity contribution in [1.29, 1.82) is 0 Å². The molecule has 0 spiro atoms. The van der Waals surface area contributed by atoms with Gasteiger partial charge in [-0.2, -0.15) is 0 Å². The second kappa shape index (κ2) is 7.61. The van der Waals surface area contributed by atoms with E-state index in [0.717, 1.165) is 42.0 Å². The van der Waals surface area contributed by atoms with Crippen LogP contribution >= 0.6 is 0 Å². The molecule has 1 unspecified atom stereocenters. The Hall–Kier alpha value is -2.47. The number of methoxy groups -OCH3 is 3. The molecule has 0 bridgehead atoms. The molecule has 0 N–H and O–H groups in total. The lowest BCUT2D eigenvalue weighted by Crippen LogP contribution is -2.24. The minimum atomic E-state index is -0.449. The summed E-state index contributed by atoms with van der Waals surface area (Å²) in [5, 5.41) is 0. The summed E-state index contributed by atoms with van der Waals surface area (Å²) < 4.78 is 21.0. The van der Waals surface area contributed by atoms with Crippen molar-refractivity contribution >= 4 is 5.97 Å². The Kier molecular flexibility index (Phi) is 5.28. The zero-order chi connectivity index (χ0) is 17.8. The lowest BCUT2D eigenvalue weighted by molar-refractivity contribution is 0.0561. The maximum atomic E-state index is 11.8. The van der Waals surface area contributed by atoms with Crippen molar-refractivity contribution in [3.05, 3.63) is 47.4 Å². The van der Waals surface area contributed by atoms with Crippen molar-refractivity contribution in [2.24, 2.45) is 0 Å². The number of nitrogens with zero attached hydrogens (tertiary/aromatic N) is 1. The van der Waals surface area contributed by atoms with E-state index in [2.05, 4.69) is 4.90 Å². The first-order valence-electron chi connectivity index (χ1n) is 8.28. The molecule has 1 atom stereocenters. The molecule has 6 heteroatoms. The third-order valence-corrected chi connectivity index (χ3v) is 4.65. The second-order valence-corrected chi connectivity index (χ2v) is 6.00. The maximum Gasteiger partial charge on any atom is 0.374 e. The van der Waals surface area contributed by atoms with Crippen LogP contribution in [0.4, 0.5) is 0 Å². The largest absolute Gasteiger partial charge is 0.497 e. The van der Waals surface area contributed by atoms with E-state index >= 15 is 0 Å². The van der Waals surface area contributed by atoms with E-state index in [4.69, 9.17) is 18.6 Å². The van der Waals surface area contributed by atoms with Gasteiger partial charge in [0.25, 0.3) is 0 Å². The Morgan fingerprint density at radius 3 is 2.80 bits per heavy atom. The van der Waals surface area contributed by atoms with E-state index in [1.54, 1.807) is 14.2 Å². The summed E-state index contributed by atoms with van der Waals surface area (Å²) >= 11 is 0. The van der Waals surface area contributed by atoms with Gasteiger partial charge in [-0.05, 0) is 43.7 Å². The minimum Gasteiger partial charge on any atom is -0.497 e. The Morgan fingerprint density at radius 1 is 1.24 bits per heavy atom. The predicted octanol–water partition coefficient (Wildman–Crippen LogP) is 3.42. The third-order valence-electron chi connectivity index (χ3n) is 4.65. The SMILES string of the molecule is COC(=O)c1occc1CN1CCCC1c1cc(OC)ccc1OC. The van der Waals surface area contributed by atoms with Gasteiger partial charge in [0, 0.05) is 23.7 Å². The Morgan fingerprint density at radius 2 is 2.08 bits per heavy atom. The zero-order valence-corrected chi connectivity index (χ0v) is 14.8. The van der Waals surface area contributed by atoms with Crippen LogP contribution < -0.4 is 9.47 Å². The van der Waals surface area contributed by atoms with Gasteiger partial charge in [0.1, 0.15) is 11.5 Å². The van der Waals surface area contributed by atoms with Gasteiger partial charge < -0.3 is 18.6 Å². The summed E-state index contributed by atoms with van der Waals surface area (Å²) in [7, 11) is 4.69. The molecule has 2 heterocycles. The highest BCUT2D eigenvalue weighted by Crippen LogP contribution is 2.39. The topological polar surface area (TPSA) is 61.1 Å². The van der Waals surface area contributed by atoms with Gasteiger partial charge in [-0.3, -0.25) is 4.90 Å². The first-order chi connectivity index (χ1) is 12.2. The van der Waals surface area contributed by atoms with Crippen LogP contribution in [0.2, 0.25) is 0 Å². The van der Waals surface area contributed by atoms with Crippen molar-refractivity contribution < 1.29 is 23.4 Å². The summed E-state index contributed by atoms with van der Waals surface area (Å²) in [6.07, 6.45) is 3.63. The number of furan rings is 1. The van der Waals surface area contributed by atoms with Crippen LogP contribution in [0, 0.1) is 0 Å². The number of ether oxygens (including phenoxy) is 3. The molecule has 1 aliphatic heterocycles. The van der Waals surface area contributed by atoms with Crippen LogP contribution in [0.3, 0.4) is 0 Å². The molecule has 134 valence electrons. The molecule has 0 saturated carbocycles. The van der Waals surface area contributed by atoms with Crippen LogP contribution in [0.15, 0.2) is 34.9 Å². The number of likely N-dealkylation sites (tertiary alicyclic amines) is 1. The number of rotatable bonds is 6. The van der Waals surface area contributed by atoms with Crippen molar-refractivity contribution in [3.63, 3.8) is 0 Å². The highest BCUT2D eigenvalue weighted by atomic mass is 16.5. The Balaban J connectivity index is 1.87. The number of carbonyl (C=O) groups excluding carboxylic acids is 1. The van der Waals surface area contributed by atoms with Gasteiger partial charge in [0.15, 0.2) is 0 Å². The smallest absolute Gasteiger partial charge is 0.374 e. The van der Waals surface area contributed by atoms with Gasteiger partial charge in [-0.15, -0.1) is 0 Å². The highest BCUT2D eigenvalue weighted by Gasteiger charge is 2.30. The lowest BCUT2D eigenvalue weighted by atomic mass is 10.0. The average Bonchev–Trinajstić information content (AvgIpc) is 3.30. The van der Waals surface area contributed by atoms with Gasteiger partial charge in [0.05, 0.1) is 27.6 Å². The summed E-state index contributed by atoms with van der Waals surface area (Å²) in [5.74, 6) is 1.47. The molecular weight excluding hydrogens is 322 g/mol. The first-order valence-corrected chi connectivity index (χ1v) is 8.28. The van der Waals surface area contributed by atoms with Crippen LogP contribution in [-0.4, -0.2) is 38.7 Å². The molecule has 25 heavy (non-hydrogen) atoms. The maximum absolute atomic E-state index is 11.8. The minimum absolute atomic E-state index is 0.199. The molecule has 6 nitrogen and oxygen atoms in total. The van der Waals surface area contributed by atoms with Gasteiger partial charge in [-0.25, -0.2) is 4.79 Å². The van der Waals surface area contributed by atoms with Gasteiger partial charge in [0.2, 0.25) is 5.76 Å². The number of benzene rings is 1. The van der Waals surface area contributed by atoms with E-state index in [0.29, 0.717) is 6.54 Å². The quantitative estimate of drug-likeness (QED) is 0.748. The molecule has 1 aromatic carbocycles. The Labute approximate surface area is 147 Å². The fourth-order valence-electron chi connectivity index (χ4n) is 3.42. The normalized spacial score (nSPS) is 17.5. The van der Waals surface area contributed by atoms with E-state index in [1.807, 2.05) is 24.3 Å². The van der Waals surface area contributed by atoms with Crippen molar-refractivity contribution in [1.82, 2.24) is 4.90 Å². The summed E-state index contributed by atoms with van der Waals surface area (Å²) in [4.78, 5) is 14.2. The molecule has 1 aliphatic rings. The van der Waals surface area contributed by atoms with E-state index in [-0.39, 0.29) is 11.8 Å². The molecule has 0 amide bonds. The predicted molar refractivity (Wildman–Crippen MR) is 92.0 cm³/mol. The van der Waals surface area contributed by atoms with Crippen molar-refractivity contribution in [3.8, 4) is 11.5 Å². The number of esters is 1. The molecule has 3 rings (SSSR count). The average molecular weight is 345 g/mol. The standard InChI is InChI=1S/C19H23NO5/c1-22-14-6-7-17(23-2)15(11-14)16-5-4-9-20(16)12-13-8-10-25-18(13)19(21)24-3/h6-8,10-11,16H,4-5,9,12H2,1-3H3. The number of hydrogen-bond donors (Lipinski definition) is 0. The molecule has 0 radical (unpaired) electrons. The van der Waals surface area contributed by atoms with Crippen LogP contribution in [0.1, 0.15) is 40.6 Å². The van der Waals surface area contributed by atoms with E-state index in [9.17, 15) is 4.79 Å². The summed E-state index contributed by atoms with van der Waals surface area (Å²) in [6, 6.07) is 7.88. The fraction of sp³-hybridized carbons (Fsp3) is 0.421. The lowest BCUT2D eigenvalue weighted by Gasteiger charge is -2.26. The highest BCUT2D eigenvalue weighted by molar-refractivity contribution is 5.87.